The minimum Gasteiger partial charge on any atom is -0.497 e. The second-order valence-electron chi connectivity index (χ2n) is 6.30. The first-order chi connectivity index (χ1) is 13.6. The van der Waals surface area contributed by atoms with E-state index in [4.69, 9.17) is 4.74 Å². The molecule has 0 saturated heterocycles. The zero-order valence-electron chi connectivity index (χ0n) is 15.7. The lowest BCUT2D eigenvalue weighted by Crippen LogP contribution is -2.21. The molecule has 0 fully saturated rings. The zero-order chi connectivity index (χ0) is 19.7. The van der Waals surface area contributed by atoms with Crippen LogP contribution in [0.5, 0.6) is 5.75 Å². The van der Waals surface area contributed by atoms with Crippen LogP contribution in [0.1, 0.15) is 5.82 Å². The molecular formula is C21H18N4O2S. The van der Waals surface area contributed by atoms with Crippen LogP contribution in [0.2, 0.25) is 0 Å². The van der Waals surface area contributed by atoms with Gasteiger partial charge in [-0.25, -0.2) is 4.98 Å². The summed E-state index contributed by atoms with van der Waals surface area (Å²) >= 11 is 1.23. The molecule has 0 aliphatic rings. The largest absolute Gasteiger partial charge is 0.497 e. The predicted molar refractivity (Wildman–Crippen MR) is 111 cm³/mol. The third kappa shape index (κ3) is 3.20. The van der Waals surface area contributed by atoms with Gasteiger partial charge in [0.15, 0.2) is 0 Å². The summed E-state index contributed by atoms with van der Waals surface area (Å²) in [4.78, 5) is 21.6. The van der Waals surface area contributed by atoms with Crippen molar-refractivity contribution in [3.63, 3.8) is 0 Å². The monoisotopic (exact) mass is 390 g/mol. The fraction of sp³-hybridized carbons (Fsp3) is 0.143. The topological polar surface area (TPSA) is 69.9 Å². The second kappa shape index (κ2) is 7.36. The summed E-state index contributed by atoms with van der Waals surface area (Å²) in [5, 5.41) is 0.620. The van der Waals surface area contributed by atoms with Crippen LogP contribution in [0.15, 0.2) is 59.7 Å². The Bertz CT molecular complexity index is 1180. The lowest BCUT2D eigenvalue weighted by atomic mass is 9.97. The Morgan fingerprint density at radius 2 is 1.71 bits per heavy atom. The third-order valence-corrected chi connectivity index (χ3v) is 5.37. The number of pyridine rings is 2. The summed E-state index contributed by atoms with van der Waals surface area (Å²) in [7, 11) is 3.42. The highest BCUT2D eigenvalue weighted by Crippen LogP contribution is 2.34. The van der Waals surface area contributed by atoms with Crippen LogP contribution in [0, 0.1) is 6.92 Å². The SMILES string of the molecule is COc1ccc(-c2cc(-c3nc(C)ns3)c(=O)n(C)c2-c2ccncc2)cc1. The van der Waals surface area contributed by atoms with E-state index in [-0.39, 0.29) is 5.56 Å². The Morgan fingerprint density at radius 3 is 2.32 bits per heavy atom. The molecule has 4 aromatic rings. The summed E-state index contributed by atoms with van der Waals surface area (Å²) in [5.74, 6) is 1.44. The van der Waals surface area contributed by atoms with Gasteiger partial charge in [0.2, 0.25) is 0 Å². The molecule has 140 valence electrons. The maximum Gasteiger partial charge on any atom is 0.261 e. The van der Waals surface area contributed by atoms with Crippen molar-refractivity contribution < 1.29 is 4.74 Å². The number of hydrogen-bond donors (Lipinski definition) is 0. The quantitative estimate of drug-likeness (QED) is 0.528. The molecule has 0 aliphatic heterocycles. The number of aryl methyl sites for hydroxylation is 1. The molecule has 7 heteroatoms. The van der Waals surface area contributed by atoms with Gasteiger partial charge in [0.25, 0.3) is 5.56 Å². The Balaban J connectivity index is 2.02. The van der Waals surface area contributed by atoms with Gasteiger partial charge in [0, 0.05) is 30.6 Å². The second-order valence-corrected chi connectivity index (χ2v) is 7.05. The number of benzene rings is 1. The Hall–Kier alpha value is -3.32. The zero-order valence-corrected chi connectivity index (χ0v) is 16.5. The average molecular weight is 390 g/mol. The highest BCUT2D eigenvalue weighted by Gasteiger charge is 2.18. The van der Waals surface area contributed by atoms with Crippen molar-refractivity contribution in [2.45, 2.75) is 6.92 Å². The summed E-state index contributed by atoms with van der Waals surface area (Å²) in [6.45, 7) is 1.82. The minimum absolute atomic E-state index is 0.111. The number of methoxy groups -OCH3 is 1. The summed E-state index contributed by atoms with van der Waals surface area (Å²) in [6, 6.07) is 13.5. The first-order valence-corrected chi connectivity index (χ1v) is 9.45. The molecule has 0 spiro atoms. The summed E-state index contributed by atoms with van der Waals surface area (Å²) < 4.78 is 11.2. The summed E-state index contributed by atoms with van der Waals surface area (Å²) in [6.07, 6.45) is 3.44. The molecule has 3 heterocycles. The molecule has 0 radical (unpaired) electrons. The van der Waals surface area contributed by atoms with E-state index in [1.165, 1.54) is 11.5 Å². The maximum atomic E-state index is 13.1. The molecule has 6 nitrogen and oxygen atoms in total. The van der Waals surface area contributed by atoms with E-state index in [9.17, 15) is 4.79 Å². The van der Waals surface area contributed by atoms with Crippen molar-refractivity contribution in [1.82, 2.24) is 18.9 Å². The Morgan fingerprint density at radius 1 is 1.00 bits per heavy atom. The van der Waals surface area contributed by atoms with Gasteiger partial charge in [-0.1, -0.05) is 12.1 Å². The lowest BCUT2D eigenvalue weighted by Gasteiger charge is -2.16. The smallest absolute Gasteiger partial charge is 0.261 e. The normalized spacial score (nSPS) is 10.8. The van der Waals surface area contributed by atoms with Gasteiger partial charge in [0.05, 0.1) is 18.4 Å². The molecular weight excluding hydrogens is 372 g/mol. The highest BCUT2D eigenvalue weighted by atomic mass is 32.1. The minimum atomic E-state index is -0.111. The van der Waals surface area contributed by atoms with Gasteiger partial charge in [-0.05, 0) is 54.4 Å². The predicted octanol–water partition coefficient (Wildman–Crippen LogP) is 3.95. The molecule has 3 aromatic heterocycles. The lowest BCUT2D eigenvalue weighted by molar-refractivity contribution is 0.415. The van der Waals surface area contributed by atoms with Crippen LogP contribution in [0.4, 0.5) is 0 Å². The molecule has 0 N–H and O–H groups in total. The van der Waals surface area contributed by atoms with E-state index in [1.54, 1.807) is 31.1 Å². The van der Waals surface area contributed by atoms with Crippen molar-refractivity contribution in [2.24, 2.45) is 7.05 Å². The first-order valence-electron chi connectivity index (χ1n) is 8.68. The van der Waals surface area contributed by atoms with Crippen molar-refractivity contribution in [1.29, 1.82) is 0 Å². The molecule has 0 unspecified atom stereocenters. The van der Waals surface area contributed by atoms with E-state index in [0.717, 1.165) is 28.1 Å². The Labute approximate surface area is 166 Å². The number of ether oxygens (including phenoxy) is 1. The van der Waals surface area contributed by atoms with E-state index in [2.05, 4.69) is 14.3 Å². The van der Waals surface area contributed by atoms with Crippen molar-refractivity contribution in [3.05, 3.63) is 71.0 Å². The van der Waals surface area contributed by atoms with E-state index >= 15 is 0 Å². The van der Waals surface area contributed by atoms with Crippen molar-refractivity contribution >= 4 is 11.5 Å². The van der Waals surface area contributed by atoms with Gasteiger partial charge >= 0.3 is 0 Å². The molecule has 4 rings (SSSR count). The fourth-order valence-corrected chi connectivity index (χ4v) is 3.82. The van der Waals surface area contributed by atoms with Crippen LogP contribution in [0.25, 0.3) is 33.0 Å². The van der Waals surface area contributed by atoms with Crippen LogP contribution < -0.4 is 10.3 Å². The van der Waals surface area contributed by atoms with Gasteiger partial charge < -0.3 is 9.30 Å². The standard InChI is InChI=1S/C21H18N4O2S/c1-13-23-20(28-24-13)18-12-17(14-4-6-16(27-3)7-5-14)19(25(2)21(18)26)15-8-10-22-11-9-15/h4-12H,1-3H3. The maximum absolute atomic E-state index is 13.1. The van der Waals surface area contributed by atoms with E-state index in [0.29, 0.717) is 16.4 Å². The molecule has 0 bridgehead atoms. The molecule has 0 amide bonds. The highest BCUT2D eigenvalue weighted by molar-refractivity contribution is 7.09. The summed E-state index contributed by atoms with van der Waals surface area (Å²) in [5.41, 5.74) is 4.07. The molecule has 0 saturated carbocycles. The van der Waals surface area contributed by atoms with Crippen molar-refractivity contribution in [2.75, 3.05) is 7.11 Å². The number of hydrogen-bond acceptors (Lipinski definition) is 6. The van der Waals surface area contributed by atoms with Gasteiger partial charge in [0.1, 0.15) is 16.6 Å². The van der Waals surface area contributed by atoms with Gasteiger partial charge in [-0.3, -0.25) is 9.78 Å². The van der Waals surface area contributed by atoms with Crippen molar-refractivity contribution in [3.8, 4) is 38.7 Å². The third-order valence-electron chi connectivity index (χ3n) is 4.53. The van der Waals surface area contributed by atoms with Crippen LogP contribution in [-0.4, -0.2) is 26.0 Å². The number of nitrogens with zero attached hydrogens (tertiary/aromatic N) is 4. The molecule has 28 heavy (non-hydrogen) atoms. The fourth-order valence-electron chi connectivity index (χ4n) is 3.15. The number of aromatic nitrogens is 4. The van der Waals surface area contributed by atoms with E-state index < -0.39 is 0 Å². The number of rotatable bonds is 4. The Kier molecular flexibility index (Phi) is 4.75. The molecule has 0 atom stereocenters. The van der Waals surface area contributed by atoms with Gasteiger partial charge in [-0.15, -0.1) is 0 Å². The van der Waals surface area contributed by atoms with E-state index in [1.807, 2.05) is 49.4 Å². The van der Waals surface area contributed by atoms with Crippen LogP contribution >= 0.6 is 11.5 Å². The van der Waals surface area contributed by atoms with Crippen LogP contribution in [0.3, 0.4) is 0 Å². The van der Waals surface area contributed by atoms with Crippen LogP contribution in [-0.2, 0) is 7.05 Å². The average Bonchev–Trinajstić information content (AvgIpc) is 3.16. The van der Waals surface area contributed by atoms with Gasteiger partial charge in [-0.2, -0.15) is 4.37 Å². The molecule has 1 aromatic carbocycles. The molecule has 0 aliphatic carbocycles. The first kappa shape index (κ1) is 18.1.